The molecule has 0 aliphatic heterocycles. The number of rotatable bonds is 3. The van der Waals surface area contributed by atoms with Gasteiger partial charge < -0.3 is 5.32 Å². The van der Waals surface area contributed by atoms with Crippen LogP contribution in [-0.2, 0) is 0 Å². The molecule has 0 bridgehead atoms. The first-order valence-corrected chi connectivity index (χ1v) is 7.83. The number of fused-ring (bicyclic) bond motifs is 1. The number of carbonyl (C=O) groups is 1. The summed E-state index contributed by atoms with van der Waals surface area (Å²) in [5.41, 5.74) is 3.51. The Morgan fingerprint density at radius 2 is 1.74 bits per heavy atom. The molecule has 0 atom stereocenters. The van der Waals surface area contributed by atoms with Crippen LogP contribution < -0.4 is 5.32 Å². The van der Waals surface area contributed by atoms with Crippen molar-refractivity contribution in [2.45, 2.75) is 26.8 Å². The third-order valence-corrected chi connectivity index (χ3v) is 3.79. The fourth-order valence-electron chi connectivity index (χ4n) is 2.70. The SMILES string of the molecule is Cc1ccccc1-c1nc(C(=O)NC(C)C)cc2ccccc12. The van der Waals surface area contributed by atoms with Gasteiger partial charge in [0.05, 0.1) is 5.69 Å². The zero-order chi connectivity index (χ0) is 16.4. The summed E-state index contributed by atoms with van der Waals surface area (Å²) in [5.74, 6) is -0.138. The Balaban J connectivity index is 2.23. The Morgan fingerprint density at radius 1 is 1.04 bits per heavy atom. The summed E-state index contributed by atoms with van der Waals surface area (Å²) >= 11 is 0. The average Bonchev–Trinajstić information content (AvgIpc) is 2.54. The van der Waals surface area contributed by atoms with Gasteiger partial charge in [-0.3, -0.25) is 4.79 Å². The number of nitrogens with zero attached hydrogens (tertiary/aromatic N) is 1. The van der Waals surface area contributed by atoms with Crippen molar-refractivity contribution >= 4 is 16.7 Å². The van der Waals surface area contributed by atoms with Crippen molar-refractivity contribution in [2.75, 3.05) is 0 Å². The van der Waals surface area contributed by atoms with Gasteiger partial charge in [-0.05, 0) is 37.8 Å². The van der Waals surface area contributed by atoms with Crippen LogP contribution in [0.5, 0.6) is 0 Å². The van der Waals surface area contributed by atoms with Crippen molar-refractivity contribution < 1.29 is 4.79 Å². The lowest BCUT2D eigenvalue weighted by Gasteiger charge is -2.13. The highest BCUT2D eigenvalue weighted by Crippen LogP contribution is 2.29. The van der Waals surface area contributed by atoms with Crippen molar-refractivity contribution in [3.8, 4) is 11.3 Å². The first-order valence-electron chi connectivity index (χ1n) is 7.83. The second kappa shape index (κ2) is 6.21. The number of hydrogen-bond donors (Lipinski definition) is 1. The van der Waals surface area contributed by atoms with Crippen LogP contribution in [-0.4, -0.2) is 16.9 Å². The van der Waals surface area contributed by atoms with Crippen molar-refractivity contribution in [1.29, 1.82) is 0 Å². The van der Waals surface area contributed by atoms with E-state index >= 15 is 0 Å². The topological polar surface area (TPSA) is 42.0 Å². The quantitative estimate of drug-likeness (QED) is 0.781. The maximum atomic E-state index is 12.4. The van der Waals surface area contributed by atoms with Crippen molar-refractivity contribution in [3.05, 3.63) is 65.9 Å². The van der Waals surface area contributed by atoms with E-state index in [1.165, 1.54) is 0 Å². The molecule has 0 saturated heterocycles. The van der Waals surface area contributed by atoms with Crippen molar-refractivity contribution in [2.24, 2.45) is 0 Å². The number of aromatic nitrogens is 1. The molecule has 0 aliphatic rings. The molecule has 1 amide bonds. The van der Waals surface area contributed by atoms with E-state index < -0.39 is 0 Å². The Morgan fingerprint density at radius 3 is 2.48 bits per heavy atom. The summed E-state index contributed by atoms with van der Waals surface area (Å²) in [7, 11) is 0. The number of pyridine rings is 1. The van der Waals surface area contributed by atoms with Crippen LogP contribution in [0, 0.1) is 6.92 Å². The van der Waals surface area contributed by atoms with Gasteiger partial charge in [0.2, 0.25) is 0 Å². The van der Waals surface area contributed by atoms with E-state index in [0.717, 1.165) is 27.6 Å². The monoisotopic (exact) mass is 304 g/mol. The molecule has 2 aromatic carbocycles. The fourth-order valence-corrected chi connectivity index (χ4v) is 2.70. The summed E-state index contributed by atoms with van der Waals surface area (Å²) in [4.78, 5) is 17.1. The number of aryl methyl sites for hydroxylation is 1. The Bertz CT molecular complexity index is 868. The molecule has 0 fully saturated rings. The number of hydrogen-bond acceptors (Lipinski definition) is 2. The molecule has 1 heterocycles. The van der Waals surface area contributed by atoms with Crippen molar-refractivity contribution in [1.82, 2.24) is 10.3 Å². The molecular weight excluding hydrogens is 284 g/mol. The molecule has 0 aliphatic carbocycles. The first kappa shape index (κ1) is 15.2. The number of amides is 1. The summed E-state index contributed by atoms with van der Waals surface area (Å²) in [6.07, 6.45) is 0. The standard InChI is InChI=1S/C20H20N2O/c1-13(2)21-20(23)18-12-15-9-5-7-11-17(15)19(22-18)16-10-6-4-8-14(16)3/h4-13H,1-3H3,(H,21,23). The van der Waals surface area contributed by atoms with E-state index in [9.17, 15) is 4.79 Å². The second-order valence-electron chi connectivity index (χ2n) is 6.02. The van der Waals surface area contributed by atoms with Crippen molar-refractivity contribution in [3.63, 3.8) is 0 Å². The minimum atomic E-state index is -0.138. The molecule has 0 spiro atoms. The predicted molar refractivity (Wildman–Crippen MR) is 94.5 cm³/mol. The molecule has 3 aromatic rings. The van der Waals surface area contributed by atoms with Crippen LogP contribution in [0.1, 0.15) is 29.9 Å². The van der Waals surface area contributed by atoms with Crippen LogP contribution in [0.25, 0.3) is 22.0 Å². The highest BCUT2D eigenvalue weighted by molar-refractivity contribution is 6.01. The van der Waals surface area contributed by atoms with Crippen LogP contribution in [0.15, 0.2) is 54.6 Å². The van der Waals surface area contributed by atoms with Crippen LogP contribution in [0.4, 0.5) is 0 Å². The zero-order valence-corrected chi connectivity index (χ0v) is 13.6. The van der Waals surface area contributed by atoms with Gasteiger partial charge in [0.15, 0.2) is 0 Å². The summed E-state index contributed by atoms with van der Waals surface area (Å²) < 4.78 is 0. The molecule has 3 rings (SSSR count). The number of nitrogens with one attached hydrogen (secondary N) is 1. The molecule has 1 N–H and O–H groups in total. The van der Waals surface area contributed by atoms with E-state index in [4.69, 9.17) is 0 Å². The van der Waals surface area contributed by atoms with Gasteiger partial charge in [-0.1, -0.05) is 48.5 Å². The van der Waals surface area contributed by atoms with Gasteiger partial charge in [-0.25, -0.2) is 4.98 Å². The maximum Gasteiger partial charge on any atom is 0.270 e. The molecule has 0 saturated carbocycles. The highest BCUT2D eigenvalue weighted by Gasteiger charge is 2.14. The van der Waals surface area contributed by atoms with E-state index in [1.54, 1.807) is 0 Å². The molecule has 116 valence electrons. The summed E-state index contributed by atoms with van der Waals surface area (Å²) in [5, 5.41) is 5.00. The summed E-state index contributed by atoms with van der Waals surface area (Å²) in [6, 6.07) is 18.1. The number of benzene rings is 2. The molecule has 1 aromatic heterocycles. The predicted octanol–water partition coefficient (Wildman–Crippen LogP) is 4.35. The first-order chi connectivity index (χ1) is 11.1. The van der Waals surface area contributed by atoms with E-state index in [-0.39, 0.29) is 11.9 Å². The third kappa shape index (κ3) is 3.09. The van der Waals surface area contributed by atoms with Gasteiger partial charge in [0.1, 0.15) is 5.69 Å². The van der Waals surface area contributed by atoms with E-state index in [2.05, 4.69) is 23.3 Å². The van der Waals surface area contributed by atoms with Crippen LogP contribution in [0.2, 0.25) is 0 Å². The van der Waals surface area contributed by atoms with Gasteiger partial charge in [0.25, 0.3) is 5.91 Å². The average molecular weight is 304 g/mol. The normalized spacial score (nSPS) is 11.0. The molecule has 3 heteroatoms. The minimum absolute atomic E-state index is 0.0812. The third-order valence-electron chi connectivity index (χ3n) is 3.79. The zero-order valence-electron chi connectivity index (χ0n) is 13.6. The van der Waals surface area contributed by atoms with Gasteiger partial charge in [-0.15, -0.1) is 0 Å². The van der Waals surface area contributed by atoms with Gasteiger partial charge in [-0.2, -0.15) is 0 Å². The minimum Gasteiger partial charge on any atom is -0.349 e. The summed E-state index contributed by atoms with van der Waals surface area (Å²) in [6.45, 7) is 5.95. The van der Waals surface area contributed by atoms with E-state index in [1.807, 2.05) is 62.4 Å². The Labute approximate surface area is 136 Å². The molecule has 0 unspecified atom stereocenters. The van der Waals surface area contributed by atoms with Gasteiger partial charge in [0, 0.05) is 17.0 Å². The Hall–Kier alpha value is -2.68. The molecule has 3 nitrogen and oxygen atoms in total. The molecular formula is C20H20N2O. The Kier molecular flexibility index (Phi) is 4.11. The maximum absolute atomic E-state index is 12.4. The lowest BCUT2D eigenvalue weighted by Crippen LogP contribution is -2.30. The molecule has 0 radical (unpaired) electrons. The smallest absolute Gasteiger partial charge is 0.270 e. The fraction of sp³-hybridized carbons (Fsp3) is 0.200. The molecule has 23 heavy (non-hydrogen) atoms. The van der Waals surface area contributed by atoms with E-state index in [0.29, 0.717) is 5.69 Å². The van der Waals surface area contributed by atoms with Crippen LogP contribution >= 0.6 is 0 Å². The lowest BCUT2D eigenvalue weighted by atomic mass is 9.99. The highest BCUT2D eigenvalue weighted by atomic mass is 16.1. The largest absolute Gasteiger partial charge is 0.349 e. The second-order valence-corrected chi connectivity index (χ2v) is 6.02. The lowest BCUT2D eigenvalue weighted by molar-refractivity contribution is 0.0938. The number of carbonyl (C=O) groups excluding carboxylic acids is 1. The van der Waals surface area contributed by atoms with Crippen LogP contribution in [0.3, 0.4) is 0 Å². The van der Waals surface area contributed by atoms with Gasteiger partial charge >= 0.3 is 0 Å².